The Morgan fingerprint density at radius 3 is 2.82 bits per heavy atom. The molecule has 0 aliphatic carbocycles. The quantitative estimate of drug-likeness (QED) is 0.465. The van der Waals surface area contributed by atoms with E-state index in [4.69, 9.17) is 0 Å². The van der Waals surface area contributed by atoms with Crippen molar-refractivity contribution >= 4 is 23.1 Å². The zero-order valence-electron chi connectivity index (χ0n) is 15.0. The highest BCUT2D eigenvalue weighted by molar-refractivity contribution is 5.97. The van der Waals surface area contributed by atoms with Crippen molar-refractivity contribution in [3.63, 3.8) is 0 Å². The van der Waals surface area contributed by atoms with E-state index in [0.29, 0.717) is 18.8 Å². The Balaban J connectivity index is 1.52. The summed E-state index contributed by atoms with van der Waals surface area (Å²) in [6.07, 6.45) is 2.32. The smallest absolute Gasteiger partial charge is 0.270 e. The SMILES string of the molecule is CC(NC(=O)c1cccc([N+](=O)[O-])c1)C(=O)NCCc1nnc2ccccn12. The first-order valence-corrected chi connectivity index (χ1v) is 8.57. The predicted molar refractivity (Wildman–Crippen MR) is 99.7 cm³/mol. The summed E-state index contributed by atoms with van der Waals surface area (Å²) in [5.41, 5.74) is 0.649. The molecule has 10 heteroatoms. The summed E-state index contributed by atoms with van der Waals surface area (Å²) in [4.78, 5) is 34.6. The Bertz CT molecular complexity index is 1030. The molecule has 0 fully saturated rings. The molecule has 0 aliphatic rings. The van der Waals surface area contributed by atoms with Crippen LogP contribution < -0.4 is 10.6 Å². The Labute approximate surface area is 159 Å². The molecule has 144 valence electrons. The van der Waals surface area contributed by atoms with Crippen molar-refractivity contribution in [3.05, 3.63) is 70.2 Å². The summed E-state index contributed by atoms with van der Waals surface area (Å²) in [7, 11) is 0. The maximum Gasteiger partial charge on any atom is 0.270 e. The highest BCUT2D eigenvalue weighted by Gasteiger charge is 2.18. The van der Waals surface area contributed by atoms with Gasteiger partial charge in [-0.2, -0.15) is 0 Å². The number of nitrogens with one attached hydrogen (secondary N) is 2. The second-order valence-electron chi connectivity index (χ2n) is 6.09. The molecule has 1 unspecified atom stereocenters. The second kappa shape index (κ2) is 8.25. The molecule has 0 aliphatic heterocycles. The fourth-order valence-electron chi connectivity index (χ4n) is 2.62. The highest BCUT2D eigenvalue weighted by atomic mass is 16.6. The molecular formula is C18H18N6O4. The van der Waals surface area contributed by atoms with Gasteiger partial charge in [0.1, 0.15) is 11.9 Å². The molecule has 2 N–H and O–H groups in total. The van der Waals surface area contributed by atoms with E-state index in [1.165, 1.54) is 25.1 Å². The molecule has 2 heterocycles. The van der Waals surface area contributed by atoms with E-state index in [1.807, 2.05) is 28.8 Å². The summed E-state index contributed by atoms with van der Waals surface area (Å²) in [6.45, 7) is 1.86. The van der Waals surface area contributed by atoms with Gasteiger partial charge in [-0.25, -0.2) is 0 Å². The third kappa shape index (κ3) is 4.29. The third-order valence-corrected chi connectivity index (χ3v) is 4.09. The van der Waals surface area contributed by atoms with Crippen LogP contribution in [0.15, 0.2) is 48.7 Å². The molecule has 3 aromatic rings. The Morgan fingerprint density at radius 2 is 2.04 bits per heavy atom. The number of pyridine rings is 1. The first-order valence-electron chi connectivity index (χ1n) is 8.57. The van der Waals surface area contributed by atoms with Gasteiger partial charge < -0.3 is 10.6 Å². The summed E-state index contributed by atoms with van der Waals surface area (Å²) in [6, 6.07) is 10.1. The lowest BCUT2D eigenvalue weighted by Gasteiger charge is -2.14. The van der Waals surface area contributed by atoms with Crippen molar-refractivity contribution in [1.29, 1.82) is 0 Å². The molecule has 0 bridgehead atoms. The normalized spacial score (nSPS) is 11.8. The van der Waals surface area contributed by atoms with Crippen LogP contribution in [0.4, 0.5) is 5.69 Å². The van der Waals surface area contributed by atoms with Gasteiger partial charge >= 0.3 is 0 Å². The van der Waals surface area contributed by atoms with Crippen LogP contribution in [0.3, 0.4) is 0 Å². The monoisotopic (exact) mass is 382 g/mol. The molecular weight excluding hydrogens is 364 g/mol. The molecule has 0 radical (unpaired) electrons. The number of benzene rings is 1. The van der Waals surface area contributed by atoms with Gasteiger partial charge in [0, 0.05) is 36.9 Å². The number of non-ortho nitro benzene ring substituents is 1. The Hall–Kier alpha value is -3.82. The van der Waals surface area contributed by atoms with Crippen LogP contribution in [0.1, 0.15) is 23.1 Å². The number of amides is 2. The lowest BCUT2D eigenvalue weighted by molar-refractivity contribution is -0.384. The number of nitro benzene ring substituents is 1. The van der Waals surface area contributed by atoms with Crippen molar-refractivity contribution in [1.82, 2.24) is 25.2 Å². The fraction of sp³-hybridized carbons (Fsp3) is 0.222. The average molecular weight is 382 g/mol. The first-order chi connectivity index (χ1) is 13.5. The van der Waals surface area contributed by atoms with Crippen LogP contribution in [0, 0.1) is 10.1 Å². The molecule has 0 spiro atoms. The maximum atomic E-state index is 12.2. The van der Waals surface area contributed by atoms with Crippen LogP contribution in [0.25, 0.3) is 5.65 Å². The molecule has 1 aromatic carbocycles. The lowest BCUT2D eigenvalue weighted by Crippen LogP contribution is -2.45. The summed E-state index contributed by atoms with van der Waals surface area (Å²) in [5.74, 6) is -0.216. The van der Waals surface area contributed by atoms with Gasteiger partial charge in [0.2, 0.25) is 5.91 Å². The van der Waals surface area contributed by atoms with Crippen LogP contribution in [-0.2, 0) is 11.2 Å². The predicted octanol–water partition coefficient (Wildman–Crippen LogP) is 1.11. The zero-order chi connectivity index (χ0) is 20.1. The molecule has 2 amide bonds. The minimum atomic E-state index is -0.804. The third-order valence-electron chi connectivity index (χ3n) is 4.09. The minimum Gasteiger partial charge on any atom is -0.354 e. The summed E-state index contributed by atoms with van der Waals surface area (Å²) >= 11 is 0. The topological polar surface area (TPSA) is 132 Å². The van der Waals surface area contributed by atoms with Crippen molar-refractivity contribution < 1.29 is 14.5 Å². The number of rotatable bonds is 7. The molecule has 10 nitrogen and oxygen atoms in total. The van der Waals surface area contributed by atoms with E-state index in [0.717, 1.165) is 11.7 Å². The van der Waals surface area contributed by atoms with E-state index in [9.17, 15) is 19.7 Å². The Kier molecular flexibility index (Phi) is 5.58. The lowest BCUT2D eigenvalue weighted by atomic mass is 10.1. The number of hydrogen-bond acceptors (Lipinski definition) is 6. The number of carbonyl (C=O) groups excluding carboxylic acids is 2. The number of hydrogen-bond donors (Lipinski definition) is 2. The van der Waals surface area contributed by atoms with Crippen molar-refractivity contribution in [2.45, 2.75) is 19.4 Å². The summed E-state index contributed by atoms with van der Waals surface area (Å²) in [5, 5.41) is 24.2. The van der Waals surface area contributed by atoms with Gasteiger partial charge in [0.25, 0.3) is 11.6 Å². The average Bonchev–Trinajstić information content (AvgIpc) is 3.11. The largest absolute Gasteiger partial charge is 0.354 e. The Morgan fingerprint density at radius 1 is 1.21 bits per heavy atom. The number of carbonyl (C=O) groups is 2. The first kappa shape index (κ1) is 19.0. The molecule has 2 aromatic heterocycles. The van der Waals surface area contributed by atoms with Crippen LogP contribution >= 0.6 is 0 Å². The number of nitro groups is 1. The second-order valence-corrected chi connectivity index (χ2v) is 6.09. The van der Waals surface area contributed by atoms with Crippen LogP contribution in [0.5, 0.6) is 0 Å². The number of fused-ring (bicyclic) bond motifs is 1. The number of nitrogens with zero attached hydrogens (tertiary/aromatic N) is 4. The molecule has 28 heavy (non-hydrogen) atoms. The maximum absolute atomic E-state index is 12.2. The van der Waals surface area contributed by atoms with Crippen LogP contribution in [0.2, 0.25) is 0 Å². The van der Waals surface area contributed by atoms with E-state index in [1.54, 1.807) is 0 Å². The molecule has 3 rings (SSSR count). The van der Waals surface area contributed by atoms with E-state index < -0.39 is 16.9 Å². The van der Waals surface area contributed by atoms with Gasteiger partial charge in [-0.3, -0.25) is 24.1 Å². The van der Waals surface area contributed by atoms with E-state index >= 15 is 0 Å². The zero-order valence-corrected chi connectivity index (χ0v) is 15.0. The van der Waals surface area contributed by atoms with Crippen molar-refractivity contribution in [2.24, 2.45) is 0 Å². The molecule has 0 saturated carbocycles. The minimum absolute atomic E-state index is 0.115. The van der Waals surface area contributed by atoms with E-state index in [2.05, 4.69) is 20.8 Å². The highest BCUT2D eigenvalue weighted by Crippen LogP contribution is 2.13. The van der Waals surface area contributed by atoms with Gasteiger partial charge in [-0.15, -0.1) is 10.2 Å². The summed E-state index contributed by atoms with van der Waals surface area (Å²) < 4.78 is 1.83. The van der Waals surface area contributed by atoms with Crippen LogP contribution in [-0.4, -0.2) is 43.9 Å². The van der Waals surface area contributed by atoms with E-state index in [-0.39, 0.29) is 17.2 Å². The van der Waals surface area contributed by atoms with Gasteiger partial charge in [0.05, 0.1) is 4.92 Å². The fourth-order valence-corrected chi connectivity index (χ4v) is 2.62. The number of aromatic nitrogens is 3. The van der Waals surface area contributed by atoms with Gasteiger partial charge in [-0.1, -0.05) is 12.1 Å². The van der Waals surface area contributed by atoms with Crippen molar-refractivity contribution in [3.8, 4) is 0 Å². The van der Waals surface area contributed by atoms with Gasteiger partial charge in [-0.05, 0) is 25.1 Å². The molecule has 1 atom stereocenters. The van der Waals surface area contributed by atoms with Crippen molar-refractivity contribution in [2.75, 3.05) is 6.54 Å². The standard InChI is InChI=1S/C18H18N6O4/c1-12(20-18(26)13-5-4-6-14(11-13)24(27)28)17(25)19-9-8-16-22-21-15-7-2-3-10-23(15)16/h2-7,10-12H,8-9H2,1H3,(H,19,25)(H,20,26). The van der Waals surface area contributed by atoms with Gasteiger partial charge in [0.15, 0.2) is 5.65 Å². The molecule has 0 saturated heterocycles.